The summed E-state index contributed by atoms with van der Waals surface area (Å²) in [6.45, 7) is 2.26. The molecule has 0 radical (unpaired) electrons. The van der Waals surface area contributed by atoms with Crippen molar-refractivity contribution >= 4 is 44.1 Å². The smallest absolute Gasteiger partial charge is 0.307 e. The van der Waals surface area contributed by atoms with Gasteiger partial charge in [-0.3, -0.25) is 5.32 Å². The van der Waals surface area contributed by atoms with E-state index in [1.807, 2.05) is 24.3 Å². The zero-order valence-corrected chi connectivity index (χ0v) is 14.1. The average molecular weight is 366 g/mol. The Bertz CT molecular complexity index is 671. The summed E-state index contributed by atoms with van der Waals surface area (Å²) in [5.74, 6) is 0.708. The minimum atomic E-state index is -0.263. The summed E-state index contributed by atoms with van der Waals surface area (Å²) in [6, 6.07) is 7.26. The van der Waals surface area contributed by atoms with Crippen LogP contribution in [0.15, 0.2) is 28.7 Å². The van der Waals surface area contributed by atoms with Gasteiger partial charge in [-0.25, -0.2) is 9.78 Å². The molecule has 4 nitrogen and oxygen atoms in total. The molecular formula is C15H16BrN3OS. The molecule has 3 rings (SSSR count). The fourth-order valence-corrected chi connectivity index (χ4v) is 3.96. The van der Waals surface area contributed by atoms with E-state index in [1.165, 1.54) is 11.3 Å². The van der Waals surface area contributed by atoms with Crippen molar-refractivity contribution in [3.63, 3.8) is 0 Å². The van der Waals surface area contributed by atoms with Gasteiger partial charge < -0.3 is 5.32 Å². The molecule has 0 aliphatic heterocycles. The number of fused-ring (bicyclic) bond motifs is 1. The summed E-state index contributed by atoms with van der Waals surface area (Å²) < 4.78 is 0.854. The molecule has 1 aromatic carbocycles. The van der Waals surface area contributed by atoms with Crippen LogP contribution in [0.5, 0.6) is 0 Å². The Morgan fingerprint density at radius 2 is 2.19 bits per heavy atom. The molecule has 0 bridgehead atoms. The predicted octanol–water partition coefficient (Wildman–Crippen LogP) is 4.67. The topological polar surface area (TPSA) is 54.0 Å². The minimum absolute atomic E-state index is 0.263. The first kappa shape index (κ1) is 14.5. The second-order valence-corrected chi connectivity index (χ2v) is 7.23. The van der Waals surface area contributed by atoms with Crippen LogP contribution in [0.25, 0.3) is 0 Å². The highest BCUT2D eigenvalue weighted by Gasteiger charge is 2.20. The second kappa shape index (κ2) is 6.15. The number of carbonyl (C=O) groups is 1. The van der Waals surface area contributed by atoms with E-state index >= 15 is 0 Å². The Balaban J connectivity index is 1.67. The van der Waals surface area contributed by atoms with Gasteiger partial charge in [0, 0.05) is 9.35 Å². The highest BCUT2D eigenvalue weighted by atomic mass is 79.9. The number of rotatable bonds is 2. The summed E-state index contributed by atoms with van der Waals surface area (Å²) in [5, 5.41) is 6.32. The number of amides is 2. The zero-order valence-electron chi connectivity index (χ0n) is 11.6. The molecule has 2 N–H and O–H groups in total. The zero-order chi connectivity index (χ0) is 14.8. The summed E-state index contributed by atoms with van der Waals surface area (Å²) in [6.07, 6.45) is 3.26. The SMILES string of the molecule is C[C@H]1CCc2nc(NC(=O)Nc3ccccc3Br)sc2C1. The van der Waals surface area contributed by atoms with Crippen LogP contribution in [0.2, 0.25) is 0 Å². The lowest BCUT2D eigenvalue weighted by Gasteiger charge is -2.15. The van der Waals surface area contributed by atoms with Crippen molar-refractivity contribution in [1.82, 2.24) is 4.98 Å². The summed E-state index contributed by atoms with van der Waals surface area (Å²) in [5.41, 5.74) is 1.89. The molecule has 2 amide bonds. The Morgan fingerprint density at radius 3 is 3.00 bits per heavy atom. The van der Waals surface area contributed by atoms with Gasteiger partial charge in [0.1, 0.15) is 0 Å². The number of nitrogens with zero attached hydrogens (tertiary/aromatic N) is 1. The largest absolute Gasteiger partial charge is 0.325 e. The van der Waals surface area contributed by atoms with Gasteiger partial charge in [-0.15, -0.1) is 11.3 Å². The van der Waals surface area contributed by atoms with E-state index in [2.05, 4.69) is 38.5 Å². The number of hydrogen-bond donors (Lipinski definition) is 2. The van der Waals surface area contributed by atoms with Crippen molar-refractivity contribution in [2.24, 2.45) is 5.92 Å². The van der Waals surface area contributed by atoms with Crippen LogP contribution in [0.3, 0.4) is 0 Å². The number of nitrogens with one attached hydrogen (secondary N) is 2. The molecule has 1 heterocycles. The van der Waals surface area contributed by atoms with Crippen molar-refractivity contribution in [2.45, 2.75) is 26.2 Å². The first-order chi connectivity index (χ1) is 10.1. The van der Waals surface area contributed by atoms with Gasteiger partial charge in [0.05, 0.1) is 11.4 Å². The molecule has 1 aliphatic carbocycles. The molecule has 110 valence electrons. The maximum Gasteiger partial charge on any atom is 0.325 e. The van der Waals surface area contributed by atoms with Crippen LogP contribution < -0.4 is 10.6 Å². The van der Waals surface area contributed by atoms with Crippen molar-refractivity contribution < 1.29 is 4.79 Å². The lowest BCUT2D eigenvalue weighted by atomic mass is 9.93. The van der Waals surface area contributed by atoms with E-state index in [0.717, 1.165) is 28.7 Å². The van der Waals surface area contributed by atoms with Crippen molar-refractivity contribution in [3.05, 3.63) is 39.3 Å². The van der Waals surface area contributed by atoms with E-state index in [0.29, 0.717) is 11.0 Å². The molecule has 0 saturated carbocycles. The van der Waals surface area contributed by atoms with Gasteiger partial charge in [-0.05, 0) is 53.2 Å². The van der Waals surface area contributed by atoms with Crippen molar-refractivity contribution in [2.75, 3.05) is 10.6 Å². The normalized spacial score (nSPS) is 17.1. The minimum Gasteiger partial charge on any atom is -0.307 e. The number of thiazole rings is 1. The number of urea groups is 1. The third-order valence-corrected chi connectivity index (χ3v) is 5.26. The molecule has 6 heteroatoms. The van der Waals surface area contributed by atoms with Gasteiger partial charge in [-0.2, -0.15) is 0 Å². The molecule has 0 fully saturated rings. The Morgan fingerprint density at radius 1 is 1.38 bits per heavy atom. The van der Waals surface area contributed by atoms with Crippen LogP contribution in [0.4, 0.5) is 15.6 Å². The summed E-state index contributed by atoms with van der Waals surface area (Å²) in [7, 11) is 0. The quantitative estimate of drug-likeness (QED) is 0.811. The molecular weight excluding hydrogens is 350 g/mol. The van der Waals surface area contributed by atoms with Gasteiger partial charge in [0.15, 0.2) is 5.13 Å². The maximum absolute atomic E-state index is 12.0. The predicted molar refractivity (Wildman–Crippen MR) is 90.1 cm³/mol. The third kappa shape index (κ3) is 3.44. The molecule has 2 aromatic rings. The number of benzene rings is 1. The number of hydrogen-bond acceptors (Lipinski definition) is 3. The van der Waals surface area contributed by atoms with E-state index in [1.54, 1.807) is 11.3 Å². The third-order valence-electron chi connectivity index (χ3n) is 3.53. The Kier molecular flexibility index (Phi) is 4.26. The van der Waals surface area contributed by atoms with Gasteiger partial charge in [0.25, 0.3) is 0 Å². The van der Waals surface area contributed by atoms with Gasteiger partial charge >= 0.3 is 6.03 Å². The molecule has 0 unspecified atom stereocenters. The summed E-state index contributed by atoms with van der Waals surface area (Å²) in [4.78, 5) is 17.9. The number of anilines is 2. The van der Waals surface area contributed by atoms with Crippen LogP contribution >= 0.6 is 27.3 Å². The van der Waals surface area contributed by atoms with E-state index in [9.17, 15) is 4.79 Å². The molecule has 0 saturated heterocycles. The maximum atomic E-state index is 12.0. The van der Waals surface area contributed by atoms with Crippen LogP contribution in [-0.4, -0.2) is 11.0 Å². The molecule has 0 spiro atoms. The number of aryl methyl sites for hydroxylation is 1. The first-order valence-corrected chi connectivity index (χ1v) is 8.54. The summed E-state index contributed by atoms with van der Waals surface area (Å²) >= 11 is 5.00. The van der Waals surface area contributed by atoms with E-state index < -0.39 is 0 Å². The molecule has 21 heavy (non-hydrogen) atoms. The molecule has 1 aliphatic rings. The number of carbonyl (C=O) groups excluding carboxylic acids is 1. The monoisotopic (exact) mass is 365 g/mol. The standard InChI is InChI=1S/C15H16BrN3OS/c1-9-6-7-12-13(8-9)21-15(18-12)19-14(20)17-11-5-3-2-4-10(11)16/h2-5,9H,6-8H2,1H3,(H2,17,18,19,20)/t9-/m0/s1. The number of aromatic nitrogens is 1. The van der Waals surface area contributed by atoms with Crippen molar-refractivity contribution in [3.8, 4) is 0 Å². The fourth-order valence-electron chi connectivity index (χ4n) is 2.41. The number of halogens is 1. The van der Waals surface area contributed by atoms with Crippen molar-refractivity contribution in [1.29, 1.82) is 0 Å². The fraction of sp³-hybridized carbons (Fsp3) is 0.333. The molecule has 1 aromatic heterocycles. The highest BCUT2D eigenvalue weighted by molar-refractivity contribution is 9.10. The highest BCUT2D eigenvalue weighted by Crippen LogP contribution is 2.32. The lowest BCUT2D eigenvalue weighted by molar-refractivity contribution is 0.262. The number of para-hydroxylation sites is 1. The van der Waals surface area contributed by atoms with E-state index in [-0.39, 0.29) is 6.03 Å². The van der Waals surface area contributed by atoms with E-state index in [4.69, 9.17) is 0 Å². The van der Waals surface area contributed by atoms with Gasteiger partial charge in [0.2, 0.25) is 0 Å². The van der Waals surface area contributed by atoms with Crippen LogP contribution in [-0.2, 0) is 12.8 Å². The Labute approximate surface area is 136 Å². The van der Waals surface area contributed by atoms with Crippen LogP contribution in [0.1, 0.15) is 23.9 Å². The van der Waals surface area contributed by atoms with Crippen LogP contribution in [0, 0.1) is 5.92 Å². The average Bonchev–Trinajstić information content (AvgIpc) is 2.82. The second-order valence-electron chi connectivity index (χ2n) is 5.30. The Hall–Kier alpha value is -1.40. The first-order valence-electron chi connectivity index (χ1n) is 6.93. The lowest BCUT2D eigenvalue weighted by Crippen LogP contribution is -2.19. The van der Waals surface area contributed by atoms with Gasteiger partial charge in [-0.1, -0.05) is 19.1 Å². The molecule has 1 atom stereocenters.